The lowest BCUT2D eigenvalue weighted by Crippen LogP contribution is -2.42. The Morgan fingerprint density at radius 2 is 2.00 bits per heavy atom. The fourth-order valence-corrected chi connectivity index (χ4v) is 3.23. The SMILES string of the molecule is CC(C)C1OCCCC1CN=C(N)N1CCCCC1. The first-order valence-electron chi connectivity index (χ1n) is 7.85. The minimum absolute atomic E-state index is 0.353. The summed E-state index contributed by atoms with van der Waals surface area (Å²) in [4.78, 5) is 6.88. The fourth-order valence-electron chi connectivity index (χ4n) is 3.23. The minimum Gasteiger partial charge on any atom is -0.378 e. The van der Waals surface area contributed by atoms with Crippen molar-refractivity contribution in [2.75, 3.05) is 26.2 Å². The highest BCUT2D eigenvalue weighted by atomic mass is 16.5. The van der Waals surface area contributed by atoms with Gasteiger partial charge in [0.2, 0.25) is 0 Å². The van der Waals surface area contributed by atoms with Crippen LogP contribution < -0.4 is 5.73 Å². The van der Waals surface area contributed by atoms with Gasteiger partial charge in [-0.25, -0.2) is 0 Å². The van der Waals surface area contributed by atoms with Crippen molar-refractivity contribution in [3.05, 3.63) is 0 Å². The molecule has 2 saturated heterocycles. The quantitative estimate of drug-likeness (QED) is 0.630. The first kappa shape index (κ1) is 14.6. The van der Waals surface area contributed by atoms with Crippen molar-refractivity contribution in [1.82, 2.24) is 4.90 Å². The van der Waals surface area contributed by atoms with E-state index in [1.165, 1.54) is 25.7 Å². The summed E-state index contributed by atoms with van der Waals surface area (Å²) >= 11 is 0. The average molecular weight is 267 g/mol. The fraction of sp³-hybridized carbons (Fsp3) is 0.933. The number of rotatable bonds is 3. The van der Waals surface area contributed by atoms with Gasteiger partial charge >= 0.3 is 0 Å². The Morgan fingerprint density at radius 3 is 2.68 bits per heavy atom. The van der Waals surface area contributed by atoms with E-state index in [1.54, 1.807) is 0 Å². The van der Waals surface area contributed by atoms with Crippen LogP contribution in [0.2, 0.25) is 0 Å². The van der Waals surface area contributed by atoms with Gasteiger partial charge in [0, 0.05) is 32.2 Å². The van der Waals surface area contributed by atoms with E-state index in [0.717, 1.165) is 38.6 Å². The van der Waals surface area contributed by atoms with Crippen LogP contribution in [0, 0.1) is 11.8 Å². The number of guanidine groups is 1. The number of aliphatic imine (C=N–C) groups is 1. The molecule has 0 bridgehead atoms. The minimum atomic E-state index is 0.353. The molecule has 110 valence electrons. The summed E-state index contributed by atoms with van der Waals surface area (Å²) in [6.07, 6.45) is 6.56. The zero-order valence-corrected chi connectivity index (χ0v) is 12.5. The van der Waals surface area contributed by atoms with Gasteiger partial charge in [-0.2, -0.15) is 0 Å². The van der Waals surface area contributed by atoms with Gasteiger partial charge in [-0.1, -0.05) is 13.8 Å². The Hall–Kier alpha value is -0.770. The molecule has 19 heavy (non-hydrogen) atoms. The van der Waals surface area contributed by atoms with E-state index in [0.29, 0.717) is 17.9 Å². The second-order valence-corrected chi connectivity index (χ2v) is 6.23. The van der Waals surface area contributed by atoms with Crippen LogP contribution in [0.4, 0.5) is 0 Å². The van der Waals surface area contributed by atoms with Crippen molar-refractivity contribution < 1.29 is 4.74 Å². The number of hydrogen-bond acceptors (Lipinski definition) is 2. The van der Waals surface area contributed by atoms with E-state index in [-0.39, 0.29) is 0 Å². The number of ether oxygens (including phenoxy) is 1. The molecule has 2 N–H and O–H groups in total. The van der Waals surface area contributed by atoms with Crippen LogP contribution in [-0.2, 0) is 4.74 Å². The van der Waals surface area contributed by atoms with Gasteiger partial charge in [0.05, 0.1) is 6.10 Å². The maximum absolute atomic E-state index is 6.12. The smallest absolute Gasteiger partial charge is 0.191 e. The molecule has 2 atom stereocenters. The molecule has 0 aliphatic carbocycles. The molecular formula is C15H29N3O. The number of nitrogens with zero attached hydrogens (tertiary/aromatic N) is 2. The van der Waals surface area contributed by atoms with E-state index in [1.807, 2.05) is 0 Å². The van der Waals surface area contributed by atoms with Crippen molar-refractivity contribution >= 4 is 5.96 Å². The predicted octanol–water partition coefficient (Wildman–Crippen LogP) is 2.24. The lowest BCUT2D eigenvalue weighted by Gasteiger charge is -2.34. The third-order valence-corrected chi connectivity index (χ3v) is 4.32. The van der Waals surface area contributed by atoms with E-state index in [2.05, 4.69) is 23.7 Å². The molecule has 4 nitrogen and oxygen atoms in total. The van der Waals surface area contributed by atoms with Gasteiger partial charge in [0.1, 0.15) is 0 Å². The lowest BCUT2D eigenvalue weighted by atomic mass is 9.87. The summed E-state index contributed by atoms with van der Waals surface area (Å²) < 4.78 is 5.91. The number of hydrogen-bond donors (Lipinski definition) is 1. The third kappa shape index (κ3) is 4.10. The molecule has 2 fully saturated rings. The van der Waals surface area contributed by atoms with Crippen molar-refractivity contribution in [2.45, 2.75) is 52.1 Å². The zero-order valence-electron chi connectivity index (χ0n) is 12.5. The molecule has 0 saturated carbocycles. The summed E-state index contributed by atoms with van der Waals surface area (Å²) in [5.41, 5.74) is 6.12. The molecule has 2 heterocycles. The molecule has 0 aromatic rings. The Kier molecular flexibility index (Phi) is 5.49. The van der Waals surface area contributed by atoms with Crippen molar-refractivity contribution in [1.29, 1.82) is 0 Å². The monoisotopic (exact) mass is 267 g/mol. The van der Waals surface area contributed by atoms with Crippen LogP contribution in [0.3, 0.4) is 0 Å². The van der Waals surface area contributed by atoms with Crippen LogP contribution in [0.15, 0.2) is 4.99 Å². The Morgan fingerprint density at radius 1 is 1.26 bits per heavy atom. The summed E-state index contributed by atoms with van der Waals surface area (Å²) in [6, 6.07) is 0. The Bertz CT molecular complexity index is 298. The first-order chi connectivity index (χ1) is 9.18. The van der Waals surface area contributed by atoms with Crippen LogP contribution in [0.25, 0.3) is 0 Å². The van der Waals surface area contributed by atoms with Gasteiger partial charge in [0.15, 0.2) is 5.96 Å². The van der Waals surface area contributed by atoms with Gasteiger partial charge in [-0.15, -0.1) is 0 Å². The molecule has 2 rings (SSSR count). The standard InChI is InChI=1S/C15H29N3O/c1-12(2)14-13(7-6-10-19-14)11-17-15(16)18-8-4-3-5-9-18/h12-14H,3-11H2,1-2H3,(H2,16,17). The van der Waals surface area contributed by atoms with Crippen molar-refractivity contribution in [3.63, 3.8) is 0 Å². The molecule has 2 aliphatic heterocycles. The van der Waals surface area contributed by atoms with Crippen LogP contribution in [0.5, 0.6) is 0 Å². The van der Waals surface area contributed by atoms with Gasteiger partial charge < -0.3 is 15.4 Å². The summed E-state index contributed by atoms with van der Waals surface area (Å²) in [6.45, 7) is 8.35. The van der Waals surface area contributed by atoms with Crippen molar-refractivity contribution in [2.24, 2.45) is 22.6 Å². The lowest BCUT2D eigenvalue weighted by molar-refractivity contribution is -0.0491. The second kappa shape index (κ2) is 7.13. The molecule has 4 heteroatoms. The molecule has 0 aromatic carbocycles. The van der Waals surface area contributed by atoms with Crippen LogP contribution in [-0.4, -0.2) is 43.2 Å². The second-order valence-electron chi connectivity index (χ2n) is 6.23. The number of piperidine rings is 1. The predicted molar refractivity (Wildman–Crippen MR) is 79.2 cm³/mol. The molecule has 0 aromatic heterocycles. The van der Waals surface area contributed by atoms with E-state index < -0.39 is 0 Å². The molecule has 0 spiro atoms. The number of nitrogens with two attached hydrogens (primary N) is 1. The van der Waals surface area contributed by atoms with E-state index in [9.17, 15) is 0 Å². The van der Waals surface area contributed by atoms with Crippen LogP contribution >= 0.6 is 0 Å². The van der Waals surface area contributed by atoms with Crippen molar-refractivity contribution in [3.8, 4) is 0 Å². The van der Waals surface area contributed by atoms with E-state index >= 15 is 0 Å². The average Bonchev–Trinajstić information content (AvgIpc) is 2.46. The third-order valence-electron chi connectivity index (χ3n) is 4.32. The largest absolute Gasteiger partial charge is 0.378 e. The van der Waals surface area contributed by atoms with Gasteiger partial charge in [-0.3, -0.25) is 4.99 Å². The van der Waals surface area contributed by atoms with Crippen LogP contribution in [0.1, 0.15) is 46.0 Å². The summed E-state index contributed by atoms with van der Waals surface area (Å²) in [7, 11) is 0. The Labute approximate surface area is 117 Å². The Balaban J connectivity index is 1.87. The molecular weight excluding hydrogens is 238 g/mol. The maximum atomic E-state index is 6.12. The highest BCUT2D eigenvalue weighted by molar-refractivity contribution is 5.78. The normalized spacial score (nSPS) is 29.8. The van der Waals surface area contributed by atoms with Gasteiger partial charge in [-0.05, 0) is 38.0 Å². The number of likely N-dealkylation sites (tertiary alicyclic amines) is 1. The topological polar surface area (TPSA) is 50.9 Å². The van der Waals surface area contributed by atoms with E-state index in [4.69, 9.17) is 10.5 Å². The summed E-state index contributed by atoms with van der Waals surface area (Å²) in [5.74, 6) is 1.85. The molecule has 2 aliphatic rings. The first-order valence-corrected chi connectivity index (χ1v) is 7.85. The summed E-state index contributed by atoms with van der Waals surface area (Å²) in [5, 5.41) is 0. The highest BCUT2D eigenvalue weighted by Crippen LogP contribution is 2.26. The maximum Gasteiger partial charge on any atom is 0.191 e. The van der Waals surface area contributed by atoms with Gasteiger partial charge in [0.25, 0.3) is 0 Å². The zero-order chi connectivity index (χ0) is 13.7. The highest BCUT2D eigenvalue weighted by Gasteiger charge is 2.28. The molecule has 2 unspecified atom stereocenters. The molecule has 0 amide bonds. The molecule has 0 radical (unpaired) electrons.